The third kappa shape index (κ3) is 3.69. The van der Waals surface area contributed by atoms with E-state index in [9.17, 15) is 14.7 Å². The van der Waals surface area contributed by atoms with Crippen molar-refractivity contribution in [3.05, 3.63) is 56.2 Å². The van der Waals surface area contributed by atoms with Crippen molar-refractivity contribution in [2.45, 2.75) is 18.9 Å². The van der Waals surface area contributed by atoms with Crippen LogP contribution in [-0.4, -0.2) is 60.8 Å². The Kier molecular flexibility index (Phi) is 4.87. The first kappa shape index (κ1) is 20.2. The number of aromatic nitrogens is 5. The third-order valence-corrected chi connectivity index (χ3v) is 6.10. The lowest BCUT2D eigenvalue weighted by Gasteiger charge is -2.11. The number of carbonyl (C=O) groups excluding carboxylic acids is 1. The van der Waals surface area contributed by atoms with Gasteiger partial charge in [0.25, 0.3) is 5.91 Å². The number of aromatic amines is 2. The molecule has 0 bridgehead atoms. The van der Waals surface area contributed by atoms with E-state index in [0.717, 1.165) is 22.8 Å². The van der Waals surface area contributed by atoms with Gasteiger partial charge in [0.15, 0.2) is 11.1 Å². The molecule has 32 heavy (non-hydrogen) atoms. The molecule has 1 aliphatic carbocycles. The number of thiophene rings is 1. The van der Waals surface area contributed by atoms with Crippen LogP contribution in [0.4, 0.5) is 0 Å². The van der Waals surface area contributed by atoms with Gasteiger partial charge in [0.1, 0.15) is 5.69 Å². The van der Waals surface area contributed by atoms with Gasteiger partial charge in [-0.3, -0.25) is 19.6 Å². The molecule has 1 aliphatic rings. The minimum absolute atomic E-state index is 0.226. The Hall–Kier alpha value is -3.77. The molecule has 0 radical (unpaired) electrons. The van der Waals surface area contributed by atoms with Gasteiger partial charge in [-0.05, 0) is 31.1 Å². The molecular formula is C20H19N7O4S. The van der Waals surface area contributed by atoms with Gasteiger partial charge in [-0.1, -0.05) is 0 Å². The zero-order chi connectivity index (χ0) is 22.4. The Balaban J connectivity index is 1.68. The maximum absolute atomic E-state index is 12.4. The summed E-state index contributed by atoms with van der Waals surface area (Å²) < 4.78 is 1.63. The number of H-pyrrole nitrogens is 2. The molecule has 164 valence electrons. The van der Waals surface area contributed by atoms with Crippen molar-refractivity contribution in [2.24, 2.45) is 4.99 Å². The number of rotatable bonds is 5. The molecule has 1 saturated carbocycles. The Bertz CT molecular complexity index is 1510. The predicted molar refractivity (Wildman–Crippen MR) is 116 cm³/mol. The van der Waals surface area contributed by atoms with Crippen LogP contribution >= 0.6 is 11.3 Å². The molecule has 3 N–H and O–H groups in total. The van der Waals surface area contributed by atoms with Crippen molar-refractivity contribution < 1.29 is 14.7 Å². The van der Waals surface area contributed by atoms with E-state index in [1.165, 1.54) is 18.4 Å². The first-order valence-electron chi connectivity index (χ1n) is 9.81. The van der Waals surface area contributed by atoms with Gasteiger partial charge in [-0.15, -0.1) is 11.3 Å². The zero-order valence-corrected chi connectivity index (χ0v) is 18.0. The number of hydroxylamine groups is 2. The number of amides is 1. The van der Waals surface area contributed by atoms with Crippen LogP contribution in [0.1, 0.15) is 28.2 Å². The fraction of sp³-hybridized carbons (Fsp3) is 0.250. The van der Waals surface area contributed by atoms with Crippen molar-refractivity contribution >= 4 is 29.0 Å². The van der Waals surface area contributed by atoms with Gasteiger partial charge in [-0.2, -0.15) is 9.61 Å². The molecule has 0 atom stereocenters. The zero-order valence-electron chi connectivity index (χ0n) is 17.2. The fourth-order valence-electron chi connectivity index (χ4n) is 3.15. The molecule has 0 aliphatic heterocycles. The molecule has 0 spiro atoms. The number of fused-ring (bicyclic) bond motifs is 1. The Morgan fingerprint density at radius 2 is 2.22 bits per heavy atom. The van der Waals surface area contributed by atoms with E-state index in [0.29, 0.717) is 26.9 Å². The highest BCUT2D eigenvalue weighted by molar-refractivity contribution is 7.17. The van der Waals surface area contributed by atoms with Gasteiger partial charge in [0.2, 0.25) is 5.88 Å². The van der Waals surface area contributed by atoms with Crippen molar-refractivity contribution in [3.63, 3.8) is 0 Å². The largest absolute Gasteiger partial charge is 0.493 e. The van der Waals surface area contributed by atoms with E-state index in [4.69, 9.17) is 14.8 Å². The molecule has 4 aromatic heterocycles. The van der Waals surface area contributed by atoms with Crippen molar-refractivity contribution in [3.8, 4) is 16.5 Å². The number of nitrogens with one attached hydrogen (secondary N) is 2. The second-order valence-corrected chi connectivity index (χ2v) is 8.41. The van der Waals surface area contributed by atoms with Crippen LogP contribution in [0.15, 0.2) is 34.2 Å². The Morgan fingerprint density at radius 1 is 1.41 bits per heavy atom. The van der Waals surface area contributed by atoms with Gasteiger partial charge in [0, 0.05) is 18.3 Å². The van der Waals surface area contributed by atoms with Crippen LogP contribution < -0.4 is 16.4 Å². The first-order chi connectivity index (χ1) is 15.4. The SMILES string of the molecule is CON(C)C(=O)c1ccc(-c2cc(=NC3CC3)n3nc/c(=C\c4[nH]c(=O)[nH]c4O)c3n2)s1. The predicted octanol–water partition coefficient (Wildman–Crippen LogP) is 0.424. The van der Waals surface area contributed by atoms with Crippen LogP contribution in [0, 0.1) is 0 Å². The molecule has 11 nitrogen and oxygen atoms in total. The van der Waals surface area contributed by atoms with E-state index >= 15 is 0 Å². The molecule has 4 aromatic rings. The van der Waals surface area contributed by atoms with Crippen LogP contribution in [0.2, 0.25) is 0 Å². The summed E-state index contributed by atoms with van der Waals surface area (Å²) in [6.45, 7) is 0. The van der Waals surface area contributed by atoms with Crippen molar-refractivity contribution in [2.75, 3.05) is 14.2 Å². The van der Waals surface area contributed by atoms with E-state index in [2.05, 4.69) is 15.1 Å². The van der Waals surface area contributed by atoms with Gasteiger partial charge in [0.05, 0.1) is 34.8 Å². The van der Waals surface area contributed by atoms with Crippen LogP contribution in [0.3, 0.4) is 0 Å². The lowest BCUT2D eigenvalue weighted by atomic mass is 10.3. The quantitative estimate of drug-likeness (QED) is 0.374. The minimum atomic E-state index is -0.514. The molecule has 1 amide bonds. The fourth-order valence-corrected chi connectivity index (χ4v) is 4.08. The number of imidazole rings is 1. The summed E-state index contributed by atoms with van der Waals surface area (Å²) in [6, 6.07) is 5.66. The van der Waals surface area contributed by atoms with Gasteiger partial charge >= 0.3 is 5.69 Å². The maximum atomic E-state index is 12.4. The molecule has 4 heterocycles. The highest BCUT2D eigenvalue weighted by atomic mass is 32.1. The van der Waals surface area contributed by atoms with E-state index in [-0.39, 0.29) is 23.5 Å². The molecule has 0 unspecified atom stereocenters. The molecule has 0 saturated heterocycles. The van der Waals surface area contributed by atoms with Gasteiger partial charge < -0.3 is 10.1 Å². The van der Waals surface area contributed by atoms with Crippen molar-refractivity contribution in [1.29, 1.82) is 0 Å². The number of carbonyl (C=O) groups is 1. The summed E-state index contributed by atoms with van der Waals surface area (Å²) in [5.74, 6) is -0.518. The summed E-state index contributed by atoms with van der Waals surface area (Å²) in [6.07, 6.45) is 5.24. The molecule has 1 fully saturated rings. The maximum Gasteiger partial charge on any atom is 0.326 e. The number of hydrogen-bond acceptors (Lipinski definition) is 8. The van der Waals surface area contributed by atoms with Crippen LogP contribution in [0.5, 0.6) is 5.88 Å². The summed E-state index contributed by atoms with van der Waals surface area (Å²) >= 11 is 1.30. The van der Waals surface area contributed by atoms with E-state index < -0.39 is 5.69 Å². The lowest BCUT2D eigenvalue weighted by molar-refractivity contribution is -0.0753. The normalized spacial score (nSPS) is 15.1. The number of aromatic hydroxyl groups is 1. The summed E-state index contributed by atoms with van der Waals surface area (Å²) in [5, 5.41) is 16.1. The number of hydrogen-bond donors (Lipinski definition) is 3. The summed E-state index contributed by atoms with van der Waals surface area (Å²) in [5.41, 5.74) is 1.51. The molecule has 12 heteroatoms. The van der Waals surface area contributed by atoms with Gasteiger partial charge in [-0.25, -0.2) is 14.8 Å². The second-order valence-electron chi connectivity index (χ2n) is 7.33. The van der Waals surface area contributed by atoms with E-state index in [1.807, 2.05) is 12.1 Å². The van der Waals surface area contributed by atoms with Crippen molar-refractivity contribution in [1.82, 2.24) is 29.6 Å². The van der Waals surface area contributed by atoms with E-state index in [1.54, 1.807) is 29.9 Å². The average Bonchev–Trinajstić information content (AvgIpc) is 3.17. The van der Waals surface area contributed by atoms with Crippen LogP contribution in [-0.2, 0) is 4.84 Å². The Labute approximate surface area is 184 Å². The molecular weight excluding hydrogens is 434 g/mol. The highest BCUT2D eigenvalue weighted by Gasteiger charge is 2.21. The topological polar surface area (TPSA) is 141 Å². The minimum Gasteiger partial charge on any atom is -0.493 e. The average molecular weight is 453 g/mol. The highest BCUT2D eigenvalue weighted by Crippen LogP contribution is 2.27. The molecule has 5 rings (SSSR count). The summed E-state index contributed by atoms with van der Waals surface area (Å²) in [4.78, 5) is 44.5. The molecule has 0 aromatic carbocycles. The Morgan fingerprint density at radius 3 is 2.91 bits per heavy atom. The standard InChI is InChI=1S/C20H19N7O4S/c1-26(31-2)19(29)15-6-5-14(32-15)12-8-16(22-11-3-4-11)27-17(23-12)10(9-21-27)7-13-18(28)25-20(30)24-13/h5-9,11,28H,3-4H2,1-2H3,(H2,24,25,30)/b10-7+,22-16?. The second kappa shape index (κ2) is 7.73. The third-order valence-electron chi connectivity index (χ3n) is 5.01. The first-order valence-corrected chi connectivity index (χ1v) is 10.6. The van der Waals surface area contributed by atoms with Crippen LogP contribution in [0.25, 0.3) is 22.3 Å². The summed E-state index contributed by atoms with van der Waals surface area (Å²) in [7, 11) is 2.98. The smallest absolute Gasteiger partial charge is 0.326 e. The number of nitrogens with zero attached hydrogens (tertiary/aromatic N) is 5. The lowest BCUT2D eigenvalue weighted by Crippen LogP contribution is -2.24. The monoisotopic (exact) mass is 453 g/mol.